The minimum Gasteiger partial charge on any atom is -0.423 e. The van der Waals surface area contributed by atoms with E-state index in [1.54, 1.807) is 6.07 Å². The fraction of sp³-hybridized carbons (Fsp3) is 0.148. The third kappa shape index (κ3) is 3.69. The molecule has 1 aliphatic heterocycles. The van der Waals surface area contributed by atoms with Crippen molar-refractivity contribution in [3.05, 3.63) is 118 Å². The number of amides is 3. The Bertz CT molecular complexity index is 1410. The Hall–Kier alpha value is -4.19. The van der Waals surface area contributed by atoms with E-state index in [1.165, 1.54) is 11.0 Å². The molecule has 1 N–H and O–H groups in total. The Morgan fingerprint density at radius 3 is 2.30 bits per heavy atom. The molecule has 0 radical (unpaired) electrons. The summed E-state index contributed by atoms with van der Waals surface area (Å²) in [6.07, 6.45) is 0.315. The zero-order chi connectivity index (χ0) is 23.0. The van der Waals surface area contributed by atoms with Crippen LogP contribution in [0.3, 0.4) is 0 Å². The van der Waals surface area contributed by atoms with Crippen LogP contribution in [0.25, 0.3) is 11.0 Å². The summed E-state index contributed by atoms with van der Waals surface area (Å²) in [5.74, 6) is -0.351. The second kappa shape index (κ2) is 8.06. The molecule has 1 atom stereocenters. The molecule has 0 aliphatic carbocycles. The summed E-state index contributed by atoms with van der Waals surface area (Å²) in [6.45, 7) is 1.88. The molecule has 1 unspecified atom stereocenters. The van der Waals surface area contributed by atoms with Crippen LogP contribution < -0.4 is 10.9 Å². The lowest BCUT2D eigenvalue weighted by atomic mass is 9.83. The van der Waals surface area contributed by atoms with Crippen LogP contribution in [0.4, 0.5) is 4.79 Å². The molecule has 6 heteroatoms. The fourth-order valence-corrected chi connectivity index (χ4v) is 4.45. The van der Waals surface area contributed by atoms with Crippen molar-refractivity contribution in [1.82, 2.24) is 10.2 Å². The molecule has 164 valence electrons. The highest BCUT2D eigenvalue weighted by molar-refractivity contribution is 6.07. The lowest BCUT2D eigenvalue weighted by Gasteiger charge is -2.27. The molecule has 4 aromatic rings. The highest BCUT2D eigenvalue weighted by Gasteiger charge is 2.52. The van der Waals surface area contributed by atoms with Crippen LogP contribution in [-0.2, 0) is 23.3 Å². The first-order chi connectivity index (χ1) is 16.0. The van der Waals surface area contributed by atoms with Gasteiger partial charge in [-0.15, -0.1) is 0 Å². The maximum Gasteiger partial charge on any atom is 0.336 e. The average molecular weight is 438 g/mol. The van der Waals surface area contributed by atoms with Gasteiger partial charge in [0.1, 0.15) is 5.58 Å². The van der Waals surface area contributed by atoms with Crippen LogP contribution in [-0.4, -0.2) is 16.8 Å². The molecule has 1 aromatic heterocycles. The predicted molar refractivity (Wildman–Crippen MR) is 125 cm³/mol. The van der Waals surface area contributed by atoms with E-state index in [0.717, 1.165) is 11.1 Å². The molecule has 0 spiro atoms. The maximum absolute atomic E-state index is 13.9. The molecule has 6 nitrogen and oxygen atoms in total. The standard InChI is InChI=1S/C27H22N2O4/c1-18-12-13-22-20(15-24(30)33-23(22)14-18)17-29-25(31)27(28-26(29)32,21-10-6-3-7-11-21)16-19-8-4-2-5-9-19/h2-15H,16-17H2,1H3,(H,28,32). The van der Waals surface area contributed by atoms with E-state index < -0.39 is 17.2 Å². The first-order valence-corrected chi connectivity index (χ1v) is 10.7. The lowest BCUT2D eigenvalue weighted by Crippen LogP contribution is -2.46. The van der Waals surface area contributed by atoms with Crippen molar-refractivity contribution in [3.8, 4) is 0 Å². The molecule has 5 rings (SSSR count). The fourth-order valence-electron chi connectivity index (χ4n) is 4.45. The van der Waals surface area contributed by atoms with Gasteiger partial charge in [-0.25, -0.2) is 9.59 Å². The molecule has 33 heavy (non-hydrogen) atoms. The minimum atomic E-state index is -1.23. The number of urea groups is 1. The second-order valence-electron chi connectivity index (χ2n) is 8.35. The molecule has 1 fully saturated rings. The van der Waals surface area contributed by atoms with Crippen molar-refractivity contribution < 1.29 is 14.0 Å². The van der Waals surface area contributed by atoms with Gasteiger partial charge in [-0.3, -0.25) is 9.69 Å². The topological polar surface area (TPSA) is 79.6 Å². The zero-order valence-corrected chi connectivity index (χ0v) is 18.1. The molecule has 3 aromatic carbocycles. The summed E-state index contributed by atoms with van der Waals surface area (Å²) in [4.78, 5) is 40.4. The number of carbonyl (C=O) groups is 2. The average Bonchev–Trinajstić information content (AvgIpc) is 3.05. The van der Waals surface area contributed by atoms with Gasteiger partial charge in [-0.05, 0) is 35.2 Å². The number of hydrogen-bond donors (Lipinski definition) is 1. The third-order valence-corrected chi connectivity index (χ3v) is 6.07. The normalized spacial score (nSPS) is 18.0. The van der Waals surface area contributed by atoms with Gasteiger partial charge in [0.2, 0.25) is 0 Å². The van der Waals surface area contributed by atoms with Crippen LogP contribution in [0.2, 0.25) is 0 Å². The molecular weight excluding hydrogens is 416 g/mol. The van der Waals surface area contributed by atoms with Crippen LogP contribution in [0.1, 0.15) is 22.3 Å². The van der Waals surface area contributed by atoms with Crippen molar-refractivity contribution in [2.24, 2.45) is 0 Å². The Morgan fingerprint density at radius 1 is 0.879 bits per heavy atom. The van der Waals surface area contributed by atoms with Crippen LogP contribution in [0.5, 0.6) is 0 Å². The summed E-state index contributed by atoms with van der Waals surface area (Å²) < 4.78 is 5.33. The molecule has 3 amide bonds. The van der Waals surface area contributed by atoms with Gasteiger partial charge < -0.3 is 9.73 Å². The summed E-state index contributed by atoms with van der Waals surface area (Å²) in [6, 6.07) is 25.2. The van der Waals surface area contributed by atoms with Gasteiger partial charge in [0.25, 0.3) is 5.91 Å². The molecule has 0 saturated carbocycles. The first kappa shape index (κ1) is 20.7. The summed E-state index contributed by atoms with van der Waals surface area (Å²) >= 11 is 0. The van der Waals surface area contributed by atoms with E-state index in [9.17, 15) is 14.4 Å². The van der Waals surface area contributed by atoms with Gasteiger partial charge in [-0.1, -0.05) is 72.8 Å². The largest absolute Gasteiger partial charge is 0.423 e. The van der Waals surface area contributed by atoms with Gasteiger partial charge in [0.15, 0.2) is 5.54 Å². The van der Waals surface area contributed by atoms with Crippen LogP contribution in [0, 0.1) is 6.92 Å². The molecular formula is C27H22N2O4. The van der Waals surface area contributed by atoms with E-state index in [1.807, 2.05) is 79.7 Å². The second-order valence-corrected chi connectivity index (χ2v) is 8.35. The van der Waals surface area contributed by atoms with E-state index in [2.05, 4.69) is 5.32 Å². The highest BCUT2D eigenvalue weighted by atomic mass is 16.4. The number of carbonyl (C=O) groups excluding carboxylic acids is 2. The number of rotatable bonds is 5. The van der Waals surface area contributed by atoms with Crippen LogP contribution in [0.15, 0.2) is 94.1 Å². The first-order valence-electron chi connectivity index (χ1n) is 10.7. The number of imide groups is 1. The van der Waals surface area contributed by atoms with E-state index >= 15 is 0 Å². The molecule has 1 saturated heterocycles. The van der Waals surface area contributed by atoms with Gasteiger partial charge in [0.05, 0.1) is 6.54 Å². The molecule has 0 bridgehead atoms. The van der Waals surface area contributed by atoms with Crippen molar-refractivity contribution in [2.75, 3.05) is 0 Å². The number of aryl methyl sites for hydroxylation is 1. The Labute approximate surface area is 190 Å². The Kier molecular flexibility index (Phi) is 5.05. The van der Waals surface area contributed by atoms with Gasteiger partial charge in [-0.2, -0.15) is 0 Å². The molecule has 1 aliphatic rings. The van der Waals surface area contributed by atoms with Gasteiger partial charge in [0, 0.05) is 17.9 Å². The highest BCUT2D eigenvalue weighted by Crippen LogP contribution is 2.34. The van der Waals surface area contributed by atoms with Gasteiger partial charge >= 0.3 is 11.7 Å². The number of nitrogens with zero attached hydrogens (tertiary/aromatic N) is 1. The summed E-state index contributed by atoms with van der Waals surface area (Å²) in [5, 5.41) is 3.66. The smallest absolute Gasteiger partial charge is 0.336 e. The lowest BCUT2D eigenvalue weighted by molar-refractivity contribution is -0.132. The zero-order valence-electron chi connectivity index (χ0n) is 18.1. The number of fused-ring (bicyclic) bond motifs is 1. The Balaban J connectivity index is 1.57. The van der Waals surface area contributed by atoms with Crippen molar-refractivity contribution in [3.63, 3.8) is 0 Å². The SMILES string of the molecule is Cc1ccc2c(CN3C(=O)NC(Cc4ccccc4)(c4ccccc4)C3=O)cc(=O)oc2c1. The van der Waals surface area contributed by atoms with Crippen molar-refractivity contribution >= 4 is 22.9 Å². The minimum absolute atomic E-state index is 0.0286. The number of benzene rings is 3. The molecule has 2 heterocycles. The van der Waals surface area contributed by atoms with E-state index in [-0.39, 0.29) is 12.5 Å². The third-order valence-electron chi connectivity index (χ3n) is 6.07. The summed E-state index contributed by atoms with van der Waals surface area (Å²) in [7, 11) is 0. The predicted octanol–water partition coefficient (Wildman–Crippen LogP) is 4.29. The van der Waals surface area contributed by atoms with Crippen LogP contribution >= 0.6 is 0 Å². The monoisotopic (exact) mass is 438 g/mol. The number of nitrogens with one attached hydrogen (secondary N) is 1. The maximum atomic E-state index is 13.9. The summed E-state index contributed by atoms with van der Waals surface area (Å²) in [5.41, 5.74) is 1.83. The Morgan fingerprint density at radius 2 is 1.58 bits per heavy atom. The van der Waals surface area contributed by atoms with Crippen molar-refractivity contribution in [1.29, 1.82) is 0 Å². The number of hydrogen-bond acceptors (Lipinski definition) is 4. The quantitative estimate of drug-likeness (QED) is 0.372. The van der Waals surface area contributed by atoms with E-state index in [0.29, 0.717) is 28.5 Å². The van der Waals surface area contributed by atoms with E-state index in [4.69, 9.17) is 4.42 Å². The van der Waals surface area contributed by atoms with Crippen molar-refractivity contribution in [2.45, 2.75) is 25.4 Å².